The minimum atomic E-state index is -0.459. The van der Waals surface area contributed by atoms with E-state index in [1.165, 1.54) is 44.8 Å². The van der Waals surface area contributed by atoms with Crippen LogP contribution in [0.1, 0.15) is 57.4 Å². The van der Waals surface area contributed by atoms with Crippen LogP contribution in [-0.4, -0.2) is 27.5 Å². The molecule has 6 nitrogen and oxygen atoms in total. The quantitative estimate of drug-likeness (QED) is 0.418. The molecule has 5 rings (SSSR count). The van der Waals surface area contributed by atoms with Gasteiger partial charge in [0.2, 0.25) is 5.91 Å². The summed E-state index contributed by atoms with van der Waals surface area (Å²) in [5, 5.41) is 5.53. The van der Waals surface area contributed by atoms with Crippen LogP contribution in [0.2, 0.25) is 0 Å². The third kappa shape index (κ3) is 3.99. The van der Waals surface area contributed by atoms with Crippen LogP contribution in [0.5, 0.6) is 0 Å². The summed E-state index contributed by atoms with van der Waals surface area (Å²) in [6.45, 7) is 2.29. The van der Waals surface area contributed by atoms with E-state index >= 15 is 0 Å². The normalized spacial score (nSPS) is 17.9. The van der Waals surface area contributed by atoms with Crippen LogP contribution in [0.3, 0.4) is 0 Å². The fourth-order valence-electron chi connectivity index (χ4n) is 4.57. The van der Waals surface area contributed by atoms with Crippen molar-refractivity contribution in [3.63, 3.8) is 0 Å². The largest absolute Gasteiger partial charge is 0.365 e. The second-order valence-electron chi connectivity index (χ2n) is 8.33. The molecule has 2 aliphatic carbocycles. The molecule has 0 radical (unpaired) electrons. The number of nitrogens with one attached hydrogen (secondary N) is 1. The number of carbonyl (C=O) groups excluding carboxylic acids is 2. The van der Waals surface area contributed by atoms with Gasteiger partial charge in [-0.3, -0.25) is 9.59 Å². The van der Waals surface area contributed by atoms with Crippen molar-refractivity contribution in [3.05, 3.63) is 32.8 Å². The lowest BCUT2D eigenvalue weighted by molar-refractivity contribution is -0.113. The summed E-state index contributed by atoms with van der Waals surface area (Å²) in [6.07, 6.45) is 8.89. The number of thioether (sulfide) groups is 1. The Morgan fingerprint density at radius 3 is 2.84 bits per heavy atom. The highest BCUT2D eigenvalue weighted by Crippen LogP contribution is 2.41. The summed E-state index contributed by atoms with van der Waals surface area (Å²) in [4.78, 5) is 37.4. The third-order valence-corrected chi connectivity index (χ3v) is 9.43. The Balaban J connectivity index is 1.35. The molecular weight excluding hydrogens is 448 g/mol. The van der Waals surface area contributed by atoms with Crippen LogP contribution >= 0.6 is 34.4 Å². The summed E-state index contributed by atoms with van der Waals surface area (Å²) < 4.78 is 0. The van der Waals surface area contributed by atoms with Crippen molar-refractivity contribution in [1.29, 1.82) is 0 Å². The van der Waals surface area contributed by atoms with Gasteiger partial charge in [0.15, 0.2) is 0 Å². The Bertz CT molecular complexity index is 1180. The molecule has 0 unspecified atom stereocenters. The van der Waals surface area contributed by atoms with Gasteiger partial charge in [0.1, 0.15) is 21.2 Å². The second kappa shape index (κ2) is 8.52. The molecule has 3 heterocycles. The van der Waals surface area contributed by atoms with Gasteiger partial charge >= 0.3 is 0 Å². The number of aromatic nitrogens is 2. The molecule has 31 heavy (non-hydrogen) atoms. The standard InChI is InChI=1S/C22H24N4O2S3/c1-11-6-7-13-15(8-11)31-21-18(13)20(24-10-25-21)29-9-16(27)26-22-17(19(23)28)12-4-2-3-5-14(12)30-22/h10-11H,2-9H2,1H3,(H2,23,28)(H,26,27)/t11-/m0/s1. The van der Waals surface area contributed by atoms with Crippen molar-refractivity contribution >= 4 is 61.5 Å². The fraction of sp³-hybridized carbons (Fsp3) is 0.455. The van der Waals surface area contributed by atoms with Crippen LogP contribution in [-0.2, 0) is 30.5 Å². The first-order valence-corrected chi connectivity index (χ1v) is 13.3. The van der Waals surface area contributed by atoms with Gasteiger partial charge in [-0.1, -0.05) is 18.7 Å². The van der Waals surface area contributed by atoms with Crippen molar-refractivity contribution in [2.45, 2.75) is 56.9 Å². The highest BCUT2D eigenvalue weighted by atomic mass is 32.2. The average Bonchev–Trinajstić information content (AvgIpc) is 3.29. The lowest BCUT2D eigenvalue weighted by Crippen LogP contribution is -2.19. The Labute approximate surface area is 193 Å². The van der Waals surface area contributed by atoms with Gasteiger partial charge in [-0.15, -0.1) is 22.7 Å². The van der Waals surface area contributed by atoms with Crippen molar-refractivity contribution < 1.29 is 9.59 Å². The number of nitrogens with zero attached hydrogens (tertiary/aromatic N) is 2. The molecule has 2 amide bonds. The lowest BCUT2D eigenvalue weighted by atomic mass is 9.89. The van der Waals surface area contributed by atoms with E-state index in [9.17, 15) is 9.59 Å². The SMILES string of the molecule is C[C@H]1CCc2c(sc3ncnc(SCC(=O)Nc4sc5c(c4C(N)=O)CCCC5)c23)C1. The third-order valence-electron chi connectivity index (χ3n) is 6.07. The van der Waals surface area contributed by atoms with Gasteiger partial charge < -0.3 is 11.1 Å². The van der Waals surface area contributed by atoms with E-state index in [0.717, 1.165) is 59.3 Å². The number of aryl methyl sites for hydroxylation is 2. The molecule has 0 aliphatic heterocycles. The molecule has 0 fully saturated rings. The molecule has 0 spiro atoms. The number of carbonyl (C=O) groups is 2. The summed E-state index contributed by atoms with van der Waals surface area (Å²) in [5.74, 6) is 0.328. The molecule has 0 saturated carbocycles. The van der Waals surface area contributed by atoms with Gasteiger partial charge in [0.25, 0.3) is 5.91 Å². The molecular formula is C22H24N4O2S3. The topological polar surface area (TPSA) is 98.0 Å². The minimum Gasteiger partial charge on any atom is -0.365 e. The Hall–Kier alpha value is -1.97. The predicted molar refractivity (Wildman–Crippen MR) is 127 cm³/mol. The van der Waals surface area contributed by atoms with Crippen molar-refractivity contribution in [3.8, 4) is 0 Å². The van der Waals surface area contributed by atoms with Crippen LogP contribution in [0.25, 0.3) is 10.2 Å². The molecule has 3 aromatic heterocycles. The van der Waals surface area contributed by atoms with Crippen LogP contribution < -0.4 is 11.1 Å². The molecule has 1 atom stereocenters. The number of hydrogen-bond donors (Lipinski definition) is 2. The highest BCUT2D eigenvalue weighted by Gasteiger charge is 2.26. The molecule has 2 aliphatic rings. The molecule has 0 saturated heterocycles. The number of anilines is 1. The van der Waals surface area contributed by atoms with E-state index in [0.29, 0.717) is 16.5 Å². The number of primary amides is 1. The van der Waals surface area contributed by atoms with E-state index in [-0.39, 0.29) is 11.7 Å². The predicted octanol–water partition coefficient (Wildman–Crippen LogP) is 4.59. The van der Waals surface area contributed by atoms with Crippen molar-refractivity contribution in [1.82, 2.24) is 9.97 Å². The Morgan fingerprint density at radius 2 is 2.00 bits per heavy atom. The second-order valence-corrected chi connectivity index (χ2v) is 11.5. The number of thiophene rings is 2. The highest BCUT2D eigenvalue weighted by molar-refractivity contribution is 8.00. The van der Waals surface area contributed by atoms with Crippen LogP contribution in [0.4, 0.5) is 5.00 Å². The Kier molecular flexibility index (Phi) is 5.75. The van der Waals surface area contributed by atoms with E-state index in [2.05, 4.69) is 22.2 Å². The maximum Gasteiger partial charge on any atom is 0.251 e. The van der Waals surface area contributed by atoms with Crippen LogP contribution in [0.15, 0.2) is 11.4 Å². The maximum absolute atomic E-state index is 12.8. The van der Waals surface area contributed by atoms with Gasteiger partial charge in [-0.25, -0.2) is 9.97 Å². The average molecular weight is 473 g/mol. The Morgan fingerprint density at radius 1 is 1.16 bits per heavy atom. The van der Waals surface area contributed by atoms with E-state index in [4.69, 9.17) is 5.73 Å². The summed E-state index contributed by atoms with van der Waals surface area (Å²) in [6, 6.07) is 0. The first-order valence-electron chi connectivity index (χ1n) is 10.6. The van der Waals surface area contributed by atoms with E-state index in [1.54, 1.807) is 17.7 Å². The van der Waals surface area contributed by atoms with Gasteiger partial charge in [-0.05, 0) is 62.0 Å². The zero-order chi connectivity index (χ0) is 21.5. The van der Waals surface area contributed by atoms with E-state index < -0.39 is 5.91 Å². The van der Waals surface area contributed by atoms with E-state index in [1.807, 2.05) is 0 Å². The lowest BCUT2D eigenvalue weighted by Gasteiger charge is -2.18. The molecule has 9 heteroatoms. The van der Waals surface area contributed by atoms with Gasteiger partial charge in [0, 0.05) is 15.1 Å². The molecule has 0 aromatic carbocycles. The number of nitrogens with two attached hydrogens (primary N) is 1. The number of fused-ring (bicyclic) bond motifs is 4. The van der Waals surface area contributed by atoms with Crippen LogP contribution in [0, 0.1) is 5.92 Å². The molecule has 3 N–H and O–H groups in total. The number of rotatable bonds is 5. The summed E-state index contributed by atoms with van der Waals surface area (Å²) in [5.41, 5.74) is 8.54. The maximum atomic E-state index is 12.8. The monoisotopic (exact) mass is 472 g/mol. The number of amides is 2. The first-order chi connectivity index (χ1) is 15.0. The number of hydrogen-bond acceptors (Lipinski definition) is 7. The fourth-order valence-corrected chi connectivity index (χ4v) is 8.12. The molecule has 3 aromatic rings. The summed E-state index contributed by atoms with van der Waals surface area (Å²) in [7, 11) is 0. The van der Waals surface area contributed by atoms with Gasteiger partial charge in [0.05, 0.1) is 11.3 Å². The smallest absolute Gasteiger partial charge is 0.251 e. The van der Waals surface area contributed by atoms with Crippen molar-refractivity contribution in [2.75, 3.05) is 11.1 Å². The minimum absolute atomic E-state index is 0.143. The summed E-state index contributed by atoms with van der Waals surface area (Å²) >= 11 is 4.69. The zero-order valence-electron chi connectivity index (χ0n) is 17.3. The van der Waals surface area contributed by atoms with Crippen molar-refractivity contribution in [2.24, 2.45) is 11.7 Å². The molecule has 162 valence electrons. The van der Waals surface area contributed by atoms with Gasteiger partial charge in [-0.2, -0.15) is 0 Å². The zero-order valence-corrected chi connectivity index (χ0v) is 19.8. The molecule has 0 bridgehead atoms. The first kappa shape index (κ1) is 20.9.